The van der Waals surface area contributed by atoms with Crippen LogP contribution in [0.4, 0.5) is 0 Å². The van der Waals surface area contributed by atoms with E-state index >= 15 is 0 Å². The van der Waals surface area contributed by atoms with Crippen molar-refractivity contribution in [2.45, 2.75) is 44.6 Å². The minimum Gasteiger partial charge on any atom is -0.483 e. The van der Waals surface area contributed by atoms with Crippen LogP contribution in [-0.4, -0.2) is 52.1 Å². The van der Waals surface area contributed by atoms with E-state index < -0.39 is 5.60 Å². The summed E-state index contributed by atoms with van der Waals surface area (Å²) in [6.45, 7) is 7.66. The number of rotatable bonds is 1. The molecule has 1 spiro atoms. The lowest BCUT2D eigenvalue weighted by Gasteiger charge is -2.41. The lowest BCUT2D eigenvalue weighted by atomic mass is 9.91. The predicted molar refractivity (Wildman–Crippen MR) is 105 cm³/mol. The van der Waals surface area contributed by atoms with Crippen molar-refractivity contribution in [3.8, 4) is 5.75 Å². The van der Waals surface area contributed by atoms with Crippen molar-refractivity contribution in [3.05, 3.63) is 47.3 Å². The number of benzene rings is 1. The Hall–Kier alpha value is -2.83. The van der Waals surface area contributed by atoms with E-state index in [1.54, 1.807) is 11.0 Å². The van der Waals surface area contributed by atoms with E-state index in [2.05, 4.69) is 36.3 Å². The molecule has 1 aromatic carbocycles. The van der Waals surface area contributed by atoms with E-state index in [4.69, 9.17) is 4.74 Å². The van der Waals surface area contributed by atoms with Crippen LogP contribution in [0.3, 0.4) is 0 Å². The zero-order valence-electron chi connectivity index (χ0n) is 16.5. The molecule has 7 heteroatoms. The van der Waals surface area contributed by atoms with Crippen molar-refractivity contribution < 1.29 is 14.3 Å². The first-order valence-corrected chi connectivity index (χ1v) is 9.69. The maximum Gasteiger partial charge on any atom is 0.274 e. The fraction of sp³-hybridized carbons (Fsp3) is 0.476. The van der Waals surface area contributed by atoms with Gasteiger partial charge in [0.2, 0.25) is 0 Å². The van der Waals surface area contributed by atoms with E-state index in [1.807, 2.05) is 24.3 Å². The Bertz CT molecular complexity index is 914. The Morgan fingerprint density at radius 3 is 2.82 bits per heavy atom. The van der Waals surface area contributed by atoms with Gasteiger partial charge in [0.05, 0.1) is 18.7 Å². The summed E-state index contributed by atoms with van der Waals surface area (Å²) in [6.07, 6.45) is 1.58. The van der Waals surface area contributed by atoms with Crippen LogP contribution >= 0.6 is 0 Å². The Labute approximate surface area is 164 Å². The highest BCUT2D eigenvalue weighted by atomic mass is 16.5. The number of hydrogen-bond acceptors (Lipinski definition) is 4. The Morgan fingerprint density at radius 1 is 1.29 bits per heavy atom. The maximum atomic E-state index is 13.1. The first-order chi connectivity index (χ1) is 13.3. The van der Waals surface area contributed by atoms with Crippen molar-refractivity contribution in [2.24, 2.45) is 0 Å². The van der Waals surface area contributed by atoms with Gasteiger partial charge in [-0.2, -0.15) is 5.10 Å². The minimum absolute atomic E-state index is 0.104. The second-order valence-electron chi connectivity index (χ2n) is 8.71. The van der Waals surface area contributed by atoms with Crippen LogP contribution in [0.1, 0.15) is 60.2 Å². The molecule has 0 unspecified atom stereocenters. The van der Waals surface area contributed by atoms with Gasteiger partial charge in [0, 0.05) is 17.7 Å². The Kier molecular flexibility index (Phi) is 4.40. The molecule has 2 N–H and O–H groups in total. The molecule has 4 rings (SSSR count). The average Bonchev–Trinajstić information content (AvgIpc) is 3.12. The monoisotopic (exact) mass is 382 g/mol. The van der Waals surface area contributed by atoms with Gasteiger partial charge in [-0.25, -0.2) is 0 Å². The summed E-state index contributed by atoms with van der Waals surface area (Å²) in [7, 11) is 0. The minimum atomic E-state index is -0.626. The van der Waals surface area contributed by atoms with Gasteiger partial charge in [-0.3, -0.25) is 14.7 Å². The lowest BCUT2D eigenvalue weighted by Crippen LogP contribution is -2.57. The molecule has 1 atom stereocenters. The predicted octanol–water partition coefficient (Wildman–Crippen LogP) is 2.50. The summed E-state index contributed by atoms with van der Waals surface area (Å²) < 4.78 is 6.33. The number of aromatic amines is 1. The zero-order chi connectivity index (χ0) is 19.9. The summed E-state index contributed by atoms with van der Waals surface area (Å²) in [4.78, 5) is 27.2. The standard InChI is InChI=1S/C21H26N4O3/c1-20(2,3)17-11-15(23-24-17)19(27)25-10-6-9-21(13-25)12-22-18(26)14-7-4-5-8-16(14)28-21/h4-5,7-8,11H,6,9-10,12-13H2,1-3H3,(H,22,26)(H,23,24)/t21-/m0/s1. The van der Waals surface area contributed by atoms with Gasteiger partial charge in [-0.1, -0.05) is 32.9 Å². The van der Waals surface area contributed by atoms with Crippen LogP contribution in [0.15, 0.2) is 30.3 Å². The second-order valence-corrected chi connectivity index (χ2v) is 8.71. The summed E-state index contributed by atoms with van der Waals surface area (Å²) in [6, 6.07) is 9.07. The van der Waals surface area contributed by atoms with Crippen molar-refractivity contribution in [1.29, 1.82) is 0 Å². The third-order valence-corrected chi connectivity index (χ3v) is 5.46. The molecular weight excluding hydrogens is 356 g/mol. The summed E-state index contributed by atoms with van der Waals surface area (Å²) in [5.74, 6) is 0.318. The number of likely N-dealkylation sites (tertiary alicyclic amines) is 1. The number of nitrogens with zero attached hydrogens (tertiary/aromatic N) is 2. The molecule has 2 amide bonds. The van der Waals surface area contributed by atoms with Crippen LogP contribution in [0.25, 0.3) is 0 Å². The Morgan fingerprint density at radius 2 is 2.07 bits per heavy atom. The lowest BCUT2D eigenvalue weighted by molar-refractivity contribution is -0.00109. The van der Waals surface area contributed by atoms with Gasteiger partial charge >= 0.3 is 0 Å². The molecule has 1 saturated heterocycles. The third kappa shape index (κ3) is 3.37. The van der Waals surface area contributed by atoms with Crippen LogP contribution in [0.5, 0.6) is 5.75 Å². The maximum absolute atomic E-state index is 13.1. The fourth-order valence-electron chi connectivity index (χ4n) is 3.83. The number of amides is 2. The number of carbonyl (C=O) groups is 2. The van der Waals surface area contributed by atoms with Crippen molar-refractivity contribution in [1.82, 2.24) is 20.4 Å². The van der Waals surface area contributed by atoms with E-state index in [0.717, 1.165) is 18.5 Å². The van der Waals surface area contributed by atoms with Gasteiger partial charge in [0.15, 0.2) is 0 Å². The number of carbonyl (C=O) groups excluding carboxylic acids is 2. The number of fused-ring (bicyclic) bond motifs is 1. The molecule has 0 aliphatic carbocycles. The summed E-state index contributed by atoms with van der Waals surface area (Å²) in [5.41, 5.74) is 1.14. The van der Waals surface area contributed by atoms with Crippen molar-refractivity contribution in [2.75, 3.05) is 19.6 Å². The molecule has 28 heavy (non-hydrogen) atoms. The molecule has 0 radical (unpaired) electrons. The van der Waals surface area contributed by atoms with E-state index in [-0.39, 0.29) is 17.2 Å². The molecule has 7 nitrogen and oxygen atoms in total. The number of piperidine rings is 1. The molecule has 0 bridgehead atoms. The van der Waals surface area contributed by atoms with Crippen molar-refractivity contribution >= 4 is 11.8 Å². The summed E-state index contributed by atoms with van der Waals surface area (Å²) >= 11 is 0. The first-order valence-electron chi connectivity index (χ1n) is 9.69. The van der Waals surface area contributed by atoms with Gasteiger partial charge in [-0.15, -0.1) is 0 Å². The number of H-pyrrole nitrogens is 1. The number of aromatic nitrogens is 2. The SMILES string of the molecule is CC(C)(C)c1cc(C(=O)N2CCC[C@]3(CNC(=O)c4ccccc4O3)C2)n[nH]1. The largest absolute Gasteiger partial charge is 0.483 e. The van der Waals surface area contributed by atoms with Gasteiger partial charge in [-0.05, 0) is 31.0 Å². The van der Waals surface area contributed by atoms with E-state index in [0.29, 0.717) is 36.6 Å². The van der Waals surface area contributed by atoms with Crippen LogP contribution in [0, 0.1) is 0 Å². The van der Waals surface area contributed by atoms with Crippen LogP contribution in [0.2, 0.25) is 0 Å². The van der Waals surface area contributed by atoms with Crippen LogP contribution < -0.4 is 10.1 Å². The highest BCUT2D eigenvalue weighted by Gasteiger charge is 2.42. The molecule has 2 aliphatic rings. The average molecular weight is 382 g/mol. The number of ether oxygens (including phenoxy) is 1. The molecule has 3 heterocycles. The highest BCUT2D eigenvalue weighted by Crippen LogP contribution is 2.32. The van der Waals surface area contributed by atoms with Gasteiger partial charge in [0.25, 0.3) is 11.8 Å². The summed E-state index contributed by atoms with van der Waals surface area (Å²) in [5, 5.41) is 10.2. The molecule has 1 fully saturated rings. The highest BCUT2D eigenvalue weighted by molar-refractivity contribution is 5.97. The molecular formula is C21H26N4O3. The van der Waals surface area contributed by atoms with Crippen molar-refractivity contribution in [3.63, 3.8) is 0 Å². The van der Waals surface area contributed by atoms with E-state index in [1.165, 1.54) is 0 Å². The van der Waals surface area contributed by atoms with E-state index in [9.17, 15) is 9.59 Å². The smallest absolute Gasteiger partial charge is 0.274 e. The molecule has 2 aromatic rings. The first kappa shape index (κ1) is 18.5. The Balaban J connectivity index is 1.57. The topological polar surface area (TPSA) is 87.3 Å². The third-order valence-electron chi connectivity index (χ3n) is 5.46. The van der Waals surface area contributed by atoms with Gasteiger partial charge in [0.1, 0.15) is 17.0 Å². The molecule has 2 aliphatic heterocycles. The quantitative estimate of drug-likeness (QED) is 0.793. The molecule has 1 aromatic heterocycles. The molecule has 0 saturated carbocycles. The normalized spacial score (nSPS) is 22.2. The number of nitrogens with one attached hydrogen (secondary N) is 2. The second kappa shape index (κ2) is 6.65. The van der Waals surface area contributed by atoms with Gasteiger partial charge < -0.3 is 15.0 Å². The number of hydrogen-bond donors (Lipinski definition) is 2. The fourth-order valence-corrected chi connectivity index (χ4v) is 3.83. The van der Waals surface area contributed by atoms with Crippen LogP contribution in [-0.2, 0) is 5.41 Å². The zero-order valence-corrected chi connectivity index (χ0v) is 16.5. The molecule has 148 valence electrons. The number of para-hydroxylation sites is 1.